The van der Waals surface area contributed by atoms with Crippen LogP contribution < -0.4 is 0 Å². The molecule has 0 spiro atoms. The predicted octanol–water partition coefficient (Wildman–Crippen LogP) is 11.5. The molecule has 0 nitrogen and oxygen atoms in total. The Hall–Kier alpha value is -4.46. The van der Waals surface area contributed by atoms with Crippen LogP contribution in [-0.4, -0.2) is 0 Å². The van der Waals surface area contributed by atoms with E-state index < -0.39 is 0 Å². The first-order valence-electron chi connectivity index (χ1n) is 13.3. The largest absolute Gasteiger partial charge is 0.0616 e. The molecular formula is C38H23Br. The monoisotopic (exact) mass is 558 g/mol. The molecule has 0 bridgehead atoms. The second-order valence-electron chi connectivity index (χ2n) is 10.1. The molecule has 0 atom stereocenters. The second-order valence-corrected chi connectivity index (χ2v) is 10.9. The summed E-state index contributed by atoms with van der Waals surface area (Å²) in [6.07, 6.45) is 0. The lowest BCUT2D eigenvalue weighted by molar-refractivity contribution is 1.69. The van der Waals surface area contributed by atoms with Gasteiger partial charge in [0.2, 0.25) is 0 Å². The van der Waals surface area contributed by atoms with Crippen LogP contribution in [0.15, 0.2) is 144 Å². The van der Waals surface area contributed by atoms with E-state index in [0.717, 1.165) is 4.47 Å². The van der Waals surface area contributed by atoms with E-state index in [1.54, 1.807) is 0 Å². The van der Waals surface area contributed by atoms with E-state index in [2.05, 4.69) is 155 Å². The zero-order valence-corrected chi connectivity index (χ0v) is 22.7. The molecule has 0 radical (unpaired) electrons. The van der Waals surface area contributed by atoms with Crippen LogP contribution in [0, 0.1) is 0 Å². The minimum Gasteiger partial charge on any atom is -0.0616 e. The molecule has 0 saturated heterocycles. The maximum absolute atomic E-state index is 3.95. The van der Waals surface area contributed by atoms with Gasteiger partial charge in [0.1, 0.15) is 0 Å². The number of halogens is 1. The van der Waals surface area contributed by atoms with Crippen LogP contribution in [0.2, 0.25) is 0 Å². The average molecular weight is 560 g/mol. The molecule has 1 heteroatoms. The lowest BCUT2D eigenvalue weighted by Crippen LogP contribution is -1.93. The molecule has 8 aromatic rings. The smallest absolute Gasteiger partial charge is 0.0332 e. The molecular weight excluding hydrogens is 536 g/mol. The van der Waals surface area contributed by atoms with Crippen LogP contribution in [0.3, 0.4) is 0 Å². The lowest BCUT2D eigenvalue weighted by atomic mass is 9.82. The van der Waals surface area contributed by atoms with Crippen molar-refractivity contribution in [1.82, 2.24) is 0 Å². The Morgan fingerprint density at radius 1 is 0.282 bits per heavy atom. The van der Waals surface area contributed by atoms with Crippen molar-refractivity contribution < 1.29 is 0 Å². The van der Waals surface area contributed by atoms with Crippen LogP contribution in [0.4, 0.5) is 0 Å². The molecule has 0 heterocycles. The number of benzene rings is 8. The van der Waals surface area contributed by atoms with Gasteiger partial charge in [0, 0.05) is 4.47 Å². The number of hydrogen-bond acceptors (Lipinski definition) is 0. The van der Waals surface area contributed by atoms with Crippen molar-refractivity contribution in [1.29, 1.82) is 0 Å². The lowest BCUT2D eigenvalue weighted by Gasteiger charge is -2.21. The fourth-order valence-electron chi connectivity index (χ4n) is 6.48. The molecule has 0 aliphatic rings. The maximum Gasteiger partial charge on any atom is 0.0332 e. The molecule has 0 unspecified atom stereocenters. The third kappa shape index (κ3) is 3.30. The summed E-state index contributed by atoms with van der Waals surface area (Å²) in [4.78, 5) is 0. The molecule has 0 fully saturated rings. The van der Waals surface area contributed by atoms with Crippen LogP contribution in [0.5, 0.6) is 0 Å². The van der Waals surface area contributed by atoms with Crippen LogP contribution >= 0.6 is 15.9 Å². The highest BCUT2D eigenvalue weighted by Gasteiger charge is 2.21. The summed E-state index contributed by atoms with van der Waals surface area (Å²) in [6, 6.07) is 50.8. The van der Waals surface area contributed by atoms with Crippen molar-refractivity contribution in [2.24, 2.45) is 0 Å². The number of fused-ring (bicyclic) bond motifs is 5. The van der Waals surface area contributed by atoms with Gasteiger partial charge in [-0.05, 0) is 92.0 Å². The van der Waals surface area contributed by atoms with Gasteiger partial charge in [-0.2, -0.15) is 0 Å². The van der Waals surface area contributed by atoms with Crippen LogP contribution in [0.1, 0.15) is 0 Å². The van der Waals surface area contributed by atoms with Crippen molar-refractivity contribution in [3.05, 3.63) is 144 Å². The standard InChI is InChI=1S/C38H23Br/c39-38-33-21-9-7-19-31(33)37(32-20-8-10-22-34(32)38)36-29-17-5-3-15-27(29)35(28-16-4-6-18-30(28)36)26-23-11-13-24-12-1-2-14-25(24)26/h1-23H. The van der Waals surface area contributed by atoms with Crippen molar-refractivity contribution in [3.8, 4) is 22.3 Å². The van der Waals surface area contributed by atoms with E-state index in [1.165, 1.54) is 76.1 Å². The van der Waals surface area contributed by atoms with Crippen molar-refractivity contribution >= 4 is 69.8 Å². The minimum absolute atomic E-state index is 1.15. The second kappa shape index (κ2) is 8.80. The van der Waals surface area contributed by atoms with Crippen molar-refractivity contribution in [3.63, 3.8) is 0 Å². The van der Waals surface area contributed by atoms with E-state index in [-0.39, 0.29) is 0 Å². The third-order valence-corrected chi connectivity index (χ3v) is 8.96. The van der Waals surface area contributed by atoms with Gasteiger partial charge in [0.05, 0.1) is 0 Å². The van der Waals surface area contributed by atoms with Crippen molar-refractivity contribution in [2.75, 3.05) is 0 Å². The number of hydrogen-bond donors (Lipinski definition) is 0. The summed E-state index contributed by atoms with van der Waals surface area (Å²) in [6.45, 7) is 0. The average Bonchev–Trinajstić information content (AvgIpc) is 3.01. The Balaban J connectivity index is 1.63. The first kappa shape index (κ1) is 22.5. The zero-order valence-electron chi connectivity index (χ0n) is 21.2. The van der Waals surface area contributed by atoms with Crippen LogP contribution in [-0.2, 0) is 0 Å². The van der Waals surface area contributed by atoms with Gasteiger partial charge in [-0.25, -0.2) is 0 Å². The van der Waals surface area contributed by atoms with E-state index in [1.807, 2.05) is 0 Å². The summed E-state index contributed by atoms with van der Waals surface area (Å²) in [5.74, 6) is 0. The highest BCUT2D eigenvalue weighted by Crippen LogP contribution is 2.49. The van der Waals surface area contributed by atoms with Gasteiger partial charge < -0.3 is 0 Å². The first-order valence-corrected chi connectivity index (χ1v) is 14.1. The minimum atomic E-state index is 1.15. The van der Waals surface area contributed by atoms with E-state index in [9.17, 15) is 0 Å². The van der Waals surface area contributed by atoms with Gasteiger partial charge in [0.15, 0.2) is 0 Å². The third-order valence-electron chi connectivity index (χ3n) is 8.11. The van der Waals surface area contributed by atoms with Crippen molar-refractivity contribution in [2.45, 2.75) is 0 Å². The Labute approximate surface area is 235 Å². The molecule has 39 heavy (non-hydrogen) atoms. The molecule has 0 saturated carbocycles. The Morgan fingerprint density at radius 3 is 1.10 bits per heavy atom. The van der Waals surface area contributed by atoms with Gasteiger partial charge >= 0.3 is 0 Å². The fraction of sp³-hybridized carbons (Fsp3) is 0. The predicted molar refractivity (Wildman–Crippen MR) is 173 cm³/mol. The molecule has 8 rings (SSSR count). The van der Waals surface area contributed by atoms with Gasteiger partial charge in [-0.3, -0.25) is 0 Å². The summed E-state index contributed by atoms with van der Waals surface area (Å²) in [5, 5.41) is 12.6. The SMILES string of the molecule is Brc1c2ccccc2c(-c2c3ccccc3c(-c3cccc4ccccc34)c3ccccc23)c2ccccc12. The highest BCUT2D eigenvalue weighted by atomic mass is 79.9. The Kier molecular flexibility index (Phi) is 5.08. The molecule has 0 amide bonds. The molecule has 8 aromatic carbocycles. The molecule has 182 valence electrons. The van der Waals surface area contributed by atoms with E-state index in [4.69, 9.17) is 0 Å². The molecule has 0 N–H and O–H groups in total. The van der Waals surface area contributed by atoms with Crippen LogP contribution in [0.25, 0.3) is 76.1 Å². The molecule has 0 aromatic heterocycles. The zero-order chi connectivity index (χ0) is 25.9. The fourth-order valence-corrected chi connectivity index (χ4v) is 7.17. The topological polar surface area (TPSA) is 0 Å². The van der Waals surface area contributed by atoms with Gasteiger partial charge in [-0.15, -0.1) is 0 Å². The Morgan fingerprint density at radius 2 is 0.615 bits per heavy atom. The summed E-state index contributed by atoms with van der Waals surface area (Å²) >= 11 is 3.95. The van der Waals surface area contributed by atoms with Gasteiger partial charge in [0.25, 0.3) is 0 Å². The molecule has 0 aliphatic carbocycles. The summed E-state index contributed by atoms with van der Waals surface area (Å²) in [7, 11) is 0. The van der Waals surface area contributed by atoms with E-state index >= 15 is 0 Å². The summed E-state index contributed by atoms with van der Waals surface area (Å²) in [5.41, 5.74) is 5.16. The van der Waals surface area contributed by atoms with Gasteiger partial charge in [-0.1, -0.05) is 140 Å². The highest BCUT2D eigenvalue weighted by molar-refractivity contribution is 9.10. The van der Waals surface area contributed by atoms with E-state index in [0.29, 0.717) is 0 Å². The quantitative estimate of drug-likeness (QED) is 0.185. The normalized spacial score (nSPS) is 11.7. The number of rotatable bonds is 2. The summed E-state index contributed by atoms with van der Waals surface area (Å²) < 4.78 is 1.15. The first-order chi connectivity index (χ1) is 19.3. The maximum atomic E-state index is 3.95. The Bertz CT molecular complexity index is 2120. The molecule has 0 aliphatic heterocycles.